The molecule has 0 aliphatic heterocycles. The van der Waals surface area contributed by atoms with Crippen LogP contribution >= 0.6 is 0 Å². The summed E-state index contributed by atoms with van der Waals surface area (Å²) in [5.41, 5.74) is 4.04. The topological polar surface area (TPSA) is 33.1 Å². The van der Waals surface area contributed by atoms with Gasteiger partial charge in [0.15, 0.2) is 0 Å². The first-order chi connectivity index (χ1) is 6.57. The molecular formula is C12H17NO. The minimum absolute atomic E-state index is 0.198. The van der Waals surface area contributed by atoms with Crippen LogP contribution in [0, 0.1) is 19.3 Å². The molecule has 0 amide bonds. The van der Waals surface area contributed by atoms with Crippen molar-refractivity contribution in [1.29, 1.82) is 5.41 Å². The number of benzene rings is 1. The Morgan fingerprint density at radius 2 is 1.79 bits per heavy atom. The molecule has 1 aromatic carbocycles. The van der Waals surface area contributed by atoms with Gasteiger partial charge in [0.05, 0.1) is 0 Å². The van der Waals surface area contributed by atoms with Crippen LogP contribution in [0.2, 0.25) is 0 Å². The van der Waals surface area contributed by atoms with E-state index in [9.17, 15) is 0 Å². The average molecular weight is 191 g/mol. The highest BCUT2D eigenvalue weighted by molar-refractivity contribution is 5.85. The molecule has 0 aromatic heterocycles. The molecule has 0 heterocycles. The fourth-order valence-corrected chi connectivity index (χ4v) is 1.75. The highest BCUT2D eigenvalue weighted by atomic mass is 16.5. The van der Waals surface area contributed by atoms with E-state index in [4.69, 9.17) is 10.1 Å². The smallest absolute Gasteiger partial charge is 0.120 e. The number of methoxy groups -OCH3 is 1. The molecule has 0 radical (unpaired) electrons. The monoisotopic (exact) mass is 191 g/mol. The second-order valence-electron chi connectivity index (χ2n) is 3.60. The lowest BCUT2D eigenvalue weighted by Gasteiger charge is -2.19. The number of rotatable bonds is 3. The molecule has 0 saturated carbocycles. The molecule has 0 aliphatic carbocycles. The fourth-order valence-electron chi connectivity index (χ4n) is 1.75. The lowest BCUT2D eigenvalue weighted by Crippen LogP contribution is -2.13. The van der Waals surface area contributed by atoms with Crippen molar-refractivity contribution >= 4 is 5.71 Å². The molecule has 0 bridgehead atoms. The Kier molecular flexibility index (Phi) is 3.42. The van der Waals surface area contributed by atoms with Crippen molar-refractivity contribution in [3.05, 3.63) is 34.9 Å². The SMILES string of the molecule is COC(C(C)=N)c1c(C)cccc1C. The highest BCUT2D eigenvalue weighted by Gasteiger charge is 2.16. The lowest BCUT2D eigenvalue weighted by molar-refractivity contribution is 0.155. The summed E-state index contributed by atoms with van der Waals surface area (Å²) < 4.78 is 5.33. The third-order valence-corrected chi connectivity index (χ3v) is 2.43. The van der Waals surface area contributed by atoms with E-state index in [1.54, 1.807) is 14.0 Å². The van der Waals surface area contributed by atoms with Crippen LogP contribution in [0.1, 0.15) is 29.7 Å². The van der Waals surface area contributed by atoms with E-state index in [0.717, 1.165) is 5.56 Å². The highest BCUT2D eigenvalue weighted by Crippen LogP contribution is 2.24. The van der Waals surface area contributed by atoms with Gasteiger partial charge in [0.25, 0.3) is 0 Å². The van der Waals surface area contributed by atoms with Gasteiger partial charge in [0.1, 0.15) is 6.10 Å². The first kappa shape index (κ1) is 10.9. The van der Waals surface area contributed by atoms with Crippen LogP contribution in [0.15, 0.2) is 18.2 Å². The third-order valence-electron chi connectivity index (χ3n) is 2.43. The summed E-state index contributed by atoms with van der Waals surface area (Å²) in [7, 11) is 1.65. The number of aryl methyl sites for hydroxylation is 2. The van der Waals surface area contributed by atoms with Crippen LogP contribution < -0.4 is 0 Å². The van der Waals surface area contributed by atoms with Gasteiger partial charge in [-0.2, -0.15) is 0 Å². The Morgan fingerprint density at radius 3 is 2.14 bits per heavy atom. The van der Waals surface area contributed by atoms with Crippen LogP contribution in [0.25, 0.3) is 0 Å². The van der Waals surface area contributed by atoms with Crippen molar-refractivity contribution in [2.45, 2.75) is 26.9 Å². The van der Waals surface area contributed by atoms with Gasteiger partial charge >= 0.3 is 0 Å². The van der Waals surface area contributed by atoms with Crippen LogP contribution in [0.5, 0.6) is 0 Å². The van der Waals surface area contributed by atoms with E-state index in [2.05, 4.69) is 26.0 Å². The Balaban J connectivity index is 3.22. The first-order valence-electron chi connectivity index (χ1n) is 4.72. The summed E-state index contributed by atoms with van der Waals surface area (Å²) in [5, 5.41) is 7.66. The zero-order valence-electron chi connectivity index (χ0n) is 9.22. The third kappa shape index (κ3) is 2.02. The predicted molar refractivity (Wildman–Crippen MR) is 59.1 cm³/mol. The molecule has 1 unspecified atom stereocenters. The first-order valence-corrected chi connectivity index (χ1v) is 4.72. The van der Waals surface area contributed by atoms with Gasteiger partial charge in [-0.25, -0.2) is 0 Å². The maximum absolute atomic E-state index is 7.66. The number of hydrogen-bond acceptors (Lipinski definition) is 2. The van der Waals surface area contributed by atoms with E-state index in [1.807, 2.05) is 6.07 Å². The standard InChI is InChI=1S/C12H17NO/c1-8-6-5-7-9(2)11(8)12(14-4)10(3)13/h5-7,12-13H,1-4H3. The van der Waals surface area contributed by atoms with Crippen molar-refractivity contribution in [3.63, 3.8) is 0 Å². The van der Waals surface area contributed by atoms with E-state index >= 15 is 0 Å². The summed E-state index contributed by atoms with van der Waals surface area (Å²) in [4.78, 5) is 0. The number of nitrogens with one attached hydrogen (secondary N) is 1. The molecule has 76 valence electrons. The van der Waals surface area contributed by atoms with E-state index in [-0.39, 0.29) is 6.10 Å². The van der Waals surface area contributed by atoms with E-state index < -0.39 is 0 Å². The number of ether oxygens (including phenoxy) is 1. The maximum Gasteiger partial charge on any atom is 0.120 e. The minimum Gasteiger partial charge on any atom is -0.371 e. The quantitative estimate of drug-likeness (QED) is 0.732. The Labute approximate surface area is 85.4 Å². The number of hydrogen-bond donors (Lipinski definition) is 1. The second-order valence-corrected chi connectivity index (χ2v) is 3.60. The zero-order valence-corrected chi connectivity index (χ0v) is 9.22. The molecule has 14 heavy (non-hydrogen) atoms. The predicted octanol–water partition coefficient (Wildman–Crippen LogP) is 3.03. The van der Waals surface area contributed by atoms with Crippen LogP contribution in [-0.2, 0) is 4.74 Å². The van der Waals surface area contributed by atoms with Gasteiger partial charge < -0.3 is 10.1 Å². The normalized spacial score (nSPS) is 12.6. The molecule has 2 nitrogen and oxygen atoms in total. The molecule has 1 rings (SSSR count). The Morgan fingerprint density at radius 1 is 1.29 bits per heavy atom. The zero-order chi connectivity index (χ0) is 10.7. The van der Waals surface area contributed by atoms with Crippen molar-refractivity contribution in [3.8, 4) is 0 Å². The largest absolute Gasteiger partial charge is 0.371 e. The van der Waals surface area contributed by atoms with Crippen LogP contribution in [-0.4, -0.2) is 12.8 Å². The molecule has 1 aromatic rings. The Hall–Kier alpha value is -1.15. The summed E-state index contributed by atoms with van der Waals surface area (Å²) >= 11 is 0. The Bertz CT molecular complexity index is 324. The van der Waals surface area contributed by atoms with Gasteiger partial charge in [-0.3, -0.25) is 0 Å². The molecule has 2 heteroatoms. The molecule has 0 spiro atoms. The molecule has 1 N–H and O–H groups in total. The molecule has 0 fully saturated rings. The lowest BCUT2D eigenvalue weighted by atomic mass is 9.96. The second kappa shape index (κ2) is 4.38. The van der Waals surface area contributed by atoms with Gasteiger partial charge in [-0.1, -0.05) is 18.2 Å². The summed E-state index contributed by atoms with van der Waals surface area (Å²) in [6.45, 7) is 5.88. The molecule has 1 atom stereocenters. The van der Waals surface area contributed by atoms with Crippen LogP contribution in [0.3, 0.4) is 0 Å². The van der Waals surface area contributed by atoms with Gasteiger partial charge in [0.2, 0.25) is 0 Å². The van der Waals surface area contributed by atoms with Gasteiger partial charge in [-0.05, 0) is 37.5 Å². The minimum atomic E-state index is -0.198. The molecule has 0 saturated heterocycles. The van der Waals surface area contributed by atoms with Crippen molar-refractivity contribution in [2.24, 2.45) is 0 Å². The molecule has 0 aliphatic rings. The van der Waals surface area contributed by atoms with Gasteiger partial charge in [-0.15, -0.1) is 0 Å². The van der Waals surface area contributed by atoms with Crippen molar-refractivity contribution < 1.29 is 4.74 Å². The molecular weight excluding hydrogens is 174 g/mol. The van der Waals surface area contributed by atoms with Gasteiger partial charge in [0, 0.05) is 12.8 Å². The van der Waals surface area contributed by atoms with E-state index in [0.29, 0.717) is 5.71 Å². The maximum atomic E-state index is 7.66. The summed E-state index contributed by atoms with van der Waals surface area (Å²) in [6, 6.07) is 6.13. The summed E-state index contributed by atoms with van der Waals surface area (Å²) in [5.74, 6) is 0. The average Bonchev–Trinajstić information content (AvgIpc) is 2.10. The van der Waals surface area contributed by atoms with E-state index in [1.165, 1.54) is 11.1 Å². The fraction of sp³-hybridized carbons (Fsp3) is 0.417. The summed E-state index contributed by atoms with van der Waals surface area (Å²) in [6.07, 6.45) is -0.198. The van der Waals surface area contributed by atoms with Crippen molar-refractivity contribution in [2.75, 3.05) is 7.11 Å². The van der Waals surface area contributed by atoms with Crippen molar-refractivity contribution in [1.82, 2.24) is 0 Å². The van der Waals surface area contributed by atoms with Crippen LogP contribution in [0.4, 0.5) is 0 Å².